The second kappa shape index (κ2) is 7.00. The predicted molar refractivity (Wildman–Crippen MR) is 93.5 cm³/mol. The first kappa shape index (κ1) is 15.8. The third kappa shape index (κ3) is 3.63. The number of hydrogen-bond acceptors (Lipinski definition) is 3. The number of nitrogens with one attached hydrogen (secondary N) is 1. The first-order valence-corrected chi connectivity index (χ1v) is 7.81. The van der Waals surface area contributed by atoms with Crippen LogP contribution < -0.4 is 10.1 Å². The number of benzene rings is 2. The lowest BCUT2D eigenvalue weighted by Crippen LogP contribution is -2.16. The van der Waals surface area contributed by atoms with Gasteiger partial charge >= 0.3 is 0 Å². The zero-order valence-corrected chi connectivity index (χ0v) is 13.6. The lowest BCUT2D eigenvalue weighted by molar-refractivity contribution is 0.102. The third-order valence-corrected chi connectivity index (χ3v) is 3.50. The van der Waals surface area contributed by atoms with Crippen LogP contribution in [0.1, 0.15) is 30.2 Å². The van der Waals surface area contributed by atoms with Crippen molar-refractivity contribution in [3.05, 3.63) is 72.4 Å². The number of anilines is 1. The molecular weight excluding hydrogens is 302 g/mol. The van der Waals surface area contributed by atoms with E-state index in [1.54, 1.807) is 41.2 Å². The molecule has 0 aliphatic rings. The van der Waals surface area contributed by atoms with Crippen LogP contribution in [0.5, 0.6) is 11.5 Å². The number of rotatable bonds is 5. The van der Waals surface area contributed by atoms with Gasteiger partial charge in [-0.05, 0) is 50.2 Å². The van der Waals surface area contributed by atoms with Crippen molar-refractivity contribution in [1.82, 2.24) is 9.78 Å². The number of para-hydroxylation sites is 1. The lowest BCUT2D eigenvalue weighted by Gasteiger charge is -2.12. The molecule has 0 aliphatic heterocycles. The number of ether oxygens (including phenoxy) is 1. The molecule has 1 N–H and O–H groups in total. The van der Waals surface area contributed by atoms with Gasteiger partial charge in [0.15, 0.2) is 0 Å². The van der Waals surface area contributed by atoms with Gasteiger partial charge in [0.25, 0.3) is 5.91 Å². The smallest absolute Gasteiger partial charge is 0.256 e. The van der Waals surface area contributed by atoms with Crippen LogP contribution in [0.4, 0.5) is 5.82 Å². The average molecular weight is 321 g/mol. The van der Waals surface area contributed by atoms with Gasteiger partial charge in [-0.2, -0.15) is 5.10 Å². The Bertz CT molecular complexity index is 808. The summed E-state index contributed by atoms with van der Waals surface area (Å²) < 4.78 is 7.49. The van der Waals surface area contributed by atoms with E-state index in [4.69, 9.17) is 4.74 Å². The van der Waals surface area contributed by atoms with Crippen molar-refractivity contribution in [3.8, 4) is 11.5 Å². The molecule has 5 nitrogen and oxygen atoms in total. The Morgan fingerprint density at radius 2 is 1.67 bits per heavy atom. The molecule has 0 atom stereocenters. The molecule has 0 radical (unpaired) electrons. The normalized spacial score (nSPS) is 10.6. The summed E-state index contributed by atoms with van der Waals surface area (Å²) in [6, 6.07) is 18.5. The summed E-state index contributed by atoms with van der Waals surface area (Å²) in [6.45, 7) is 4.02. The van der Waals surface area contributed by atoms with Crippen molar-refractivity contribution in [2.75, 3.05) is 5.32 Å². The second-order valence-electron chi connectivity index (χ2n) is 5.65. The number of nitrogens with zero attached hydrogens (tertiary/aromatic N) is 2. The fourth-order valence-corrected chi connectivity index (χ4v) is 2.31. The molecule has 1 amide bonds. The fraction of sp³-hybridized carbons (Fsp3) is 0.158. The first-order chi connectivity index (χ1) is 11.6. The Hall–Kier alpha value is -3.08. The van der Waals surface area contributed by atoms with E-state index in [2.05, 4.69) is 10.4 Å². The molecule has 1 heterocycles. The van der Waals surface area contributed by atoms with E-state index >= 15 is 0 Å². The molecule has 122 valence electrons. The molecule has 0 fully saturated rings. The van der Waals surface area contributed by atoms with Crippen molar-refractivity contribution in [1.29, 1.82) is 0 Å². The van der Waals surface area contributed by atoms with E-state index in [1.807, 2.05) is 44.2 Å². The van der Waals surface area contributed by atoms with Gasteiger partial charge in [-0.25, -0.2) is 4.68 Å². The summed E-state index contributed by atoms with van der Waals surface area (Å²) in [5.41, 5.74) is 0.562. The van der Waals surface area contributed by atoms with E-state index in [0.29, 0.717) is 17.1 Å². The average Bonchev–Trinajstić information content (AvgIpc) is 3.05. The van der Waals surface area contributed by atoms with Crippen LogP contribution in [0.2, 0.25) is 0 Å². The zero-order chi connectivity index (χ0) is 16.9. The largest absolute Gasteiger partial charge is 0.457 e. The summed E-state index contributed by atoms with van der Waals surface area (Å²) in [6.07, 6.45) is 1.67. The second-order valence-corrected chi connectivity index (χ2v) is 5.65. The minimum Gasteiger partial charge on any atom is -0.457 e. The van der Waals surface area contributed by atoms with E-state index < -0.39 is 0 Å². The molecule has 0 saturated carbocycles. The van der Waals surface area contributed by atoms with Crippen molar-refractivity contribution >= 4 is 11.7 Å². The lowest BCUT2D eigenvalue weighted by atomic mass is 10.2. The molecule has 3 rings (SSSR count). The Kier molecular flexibility index (Phi) is 4.61. The maximum absolute atomic E-state index is 12.4. The molecule has 5 heteroatoms. The summed E-state index contributed by atoms with van der Waals surface area (Å²) in [5.74, 6) is 1.95. The summed E-state index contributed by atoms with van der Waals surface area (Å²) in [5, 5.41) is 7.08. The number of amides is 1. The Balaban J connectivity index is 1.69. The number of hydrogen-bond donors (Lipinski definition) is 1. The van der Waals surface area contributed by atoms with Gasteiger partial charge in [0, 0.05) is 17.7 Å². The zero-order valence-electron chi connectivity index (χ0n) is 13.6. The predicted octanol–water partition coefficient (Wildman–Crippen LogP) is 4.51. The van der Waals surface area contributed by atoms with E-state index in [9.17, 15) is 4.79 Å². The SMILES string of the molecule is CC(C)n1nccc1NC(=O)c1ccc(Oc2ccccc2)cc1. The van der Waals surface area contributed by atoms with Crippen LogP contribution in [0.15, 0.2) is 66.9 Å². The maximum atomic E-state index is 12.4. The summed E-state index contributed by atoms with van der Waals surface area (Å²) >= 11 is 0. The van der Waals surface area contributed by atoms with Gasteiger partial charge in [-0.15, -0.1) is 0 Å². The Morgan fingerprint density at radius 1 is 1.00 bits per heavy atom. The molecule has 0 saturated heterocycles. The van der Waals surface area contributed by atoms with E-state index in [1.165, 1.54) is 0 Å². The van der Waals surface area contributed by atoms with E-state index in [-0.39, 0.29) is 11.9 Å². The molecule has 0 spiro atoms. The van der Waals surface area contributed by atoms with E-state index in [0.717, 1.165) is 5.75 Å². The van der Waals surface area contributed by atoms with Crippen molar-refractivity contribution in [3.63, 3.8) is 0 Å². The molecule has 24 heavy (non-hydrogen) atoms. The number of carbonyl (C=O) groups excluding carboxylic acids is 1. The van der Waals surface area contributed by atoms with Crippen LogP contribution in [0.25, 0.3) is 0 Å². The highest BCUT2D eigenvalue weighted by atomic mass is 16.5. The van der Waals surface area contributed by atoms with Gasteiger partial charge in [-0.3, -0.25) is 4.79 Å². The van der Waals surface area contributed by atoms with Gasteiger partial charge in [0.1, 0.15) is 17.3 Å². The van der Waals surface area contributed by atoms with Gasteiger partial charge in [0.05, 0.1) is 6.20 Å². The van der Waals surface area contributed by atoms with Crippen LogP contribution in [-0.4, -0.2) is 15.7 Å². The maximum Gasteiger partial charge on any atom is 0.256 e. The highest BCUT2D eigenvalue weighted by Gasteiger charge is 2.11. The third-order valence-electron chi connectivity index (χ3n) is 3.50. The van der Waals surface area contributed by atoms with Crippen molar-refractivity contribution in [2.24, 2.45) is 0 Å². The Morgan fingerprint density at radius 3 is 2.33 bits per heavy atom. The number of carbonyl (C=O) groups is 1. The molecular formula is C19H19N3O2. The fourth-order valence-electron chi connectivity index (χ4n) is 2.31. The van der Waals surface area contributed by atoms with Gasteiger partial charge in [-0.1, -0.05) is 18.2 Å². The van der Waals surface area contributed by atoms with Crippen LogP contribution in [0.3, 0.4) is 0 Å². The first-order valence-electron chi connectivity index (χ1n) is 7.81. The summed E-state index contributed by atoms with van der Waals surface area (Å²) in [7, 11) is 0. The van der Waals surface area contributed by atoms with Gasteiger partial charge in [0.2, 0.25) is 0 Å². The standard InChI is InChI=1S/C19H19N3O2/c1-14(2)22-18(12-13-20-22)21-19(23)15-8-10-17(11-9-15)24-16-6-4-3-5-7-16/h3-14H,1-2H3,(H,21,23). The molecule has 0 aliphatic carbocycles. The van der Waals surface area contributed by atoms with Crippen LogP contribution in [0, 0.1) is 0 Å². The van der Waals surface area contributed by atoms with Crippen molar-refractivity contribution < 1.29 is 9.53 Å². The minimum absolute atomic E-state index is 0.177. The van der Waals surface area contributed by atoms with Crippen LogP contribution in [-0.2, 0) is 0 Å². The molecule has 0 bridgehead atoms. The minimum atomic E-state index is -0.177. The summed E-state index contributed by atoms with van der Waals surface area (Å²) in [4.78, 5) is 12.4. The van der Waals surface area contributed by atoms with Crippen LogP contribution >= 0.6 is 0 Å². The highest BCUT2D eigenvalue weighted by Crippen LogP contribution is 2.21. The Labute approximate surface area is 140 Å². The highest BCUT2D eigenvalue weighted by molar-refractivity contribution is 6.03. The van der Waals surface area contributed by atoms with Gasteiger partial charge < -0.3 is 10.1 Å². The molecule has 3 aromatic rings. The topological polar surface area (TPSA) is 56.2 Å². The van der Waals surface area contributed by atoms with Crippen molar-refractivity contribution in [2.45, 2.75) is 19.9 Å². The molecule has 2 aromatic carbocycles. The monoisotopic (exact) mass is 321 g/mol. The molecule has 0 unspecified atom stereocenters. The molecule has 1 aromatic heterocycles. The quantitative estimate of drug-likeness (QED) is 0.752. The number of aromatic nitrogens is 2.